The lowest BCUT2D eigenvalue weighted by Crippen LogP contribution is -2.01. The number of methoxy groups -OCH3 is 1. The number of hydrogen-bond donors (Lipinski definition) is 1. The molecule has 0 amide bonds. The molecule has 2 rings (SSSR count). The van der Waals surface area contributed by atoms with Gasteiger partial charge in [-0.15, -0.1) is 22.0 Å². The summed E-state index contributed by atoms with van der Waals surface area (Å²) in [6.07, 6.45) is 2.78. The summed E-state index contributed by atoms with van der Waals surface area (Å²) in [4.78, 5) is 1.16. The first-order valence-electron chi connectivity index (χ1n) is 6.04. The fraction of sp³-hybridized carbons (Fsp3) is 0.385. The van der Waals surface area contributed by atoms with Crippen LogP contribution >= 0.6 is 11.8 Å². The van der Waals surface area contributed by atoms with E-state index in [0.29, 0.717) is 18.3 Å². The lowest BCUT2D eigenvalue weighted by Gasteiger charge is -2.10. The molecule has 1 N–H and O–H groups in total. The summed E-state index contributed by atoms with van der Waals surface area (Å²) in [7, 11) is 1.66. The Morgan fingerprint density at radius 2 is 2.11 bits per heavy atom. The second-order valence-electron chi connectivity index (χ2n) is 3.86. The Labute approximate surface area is 116 Å². The number of aryl methyl sites for hydroxylation is 1. The second kappa shape index (κ2) is 6.47. The molecule has 0 saturated carbocycles. The molecular weight excluding hydrogens is 262 g/mol. The quantitative estimate of drug-likeness (QED) is 0.820. The van der Waals surface area contributed by atoms with Gasteiger partial charge in [-0.1, -0.05) is 6.92 Å². The first kappa shape index (κ1) is 13.7. The number of aromatic nitrogens is 2. The SMILES string of the molecule is CCc1nnc(CNc2ccc(SC)cc2OC)o1. The van der Waals surface area contributed by atoms with E-state index >= 15 is 0 Å². The molecule has 0 fully saturated rings. The highest BCUT2D eigenvalue weighted by Gasteiger charge is 2.07. The van der Waals surface area contributed by atoms with E-state index in [1.165, 1.54) is 0 Å². The number of hydrogen-bond acceptors (Lipinski definition) is 6. The summed E-state index contributed by atoms with van der Waals surface area (Å²) in [5.74, 6) is 2.04. The van der Waals surface area contributed by atoms with Crippen molar-refractivity contribution in [3.63, 3.8) is 0 Å². The number of rotatable bonds is 6. The van der Waals surface area contributed by atoms with Crippen LogP contribution in [0.1, 0.15) is 18.7 Å². The van der Waals surface area contributed by atoms with E-state index in [9.17, 15) is 0 Å². The Balaban J connectivity index is 2.06. The van der Waals surface area contributed by atoms with Crippen LogP contribution in [0, 0.1) is 0 Å². The zero-order valence-corrected chi connectivity index (χ0v) is 12.1. The molecule has 0 radical (unpaired) electrons. The van der Waals surface area contributed by atoms with Gasteiger partial charge < -0.3 is 14.5 Å². The summed E-state index contributed by atoms with van der Waals surface area (Å²) < 4.78 is 10.8. The number of ether oxygens (including phenoxy) is 1. The first-order chi connectivity index (χ1) is 9.26. The lowest BCUT2D eigenvalue weighted by molar-refractivity contribution is 0.414. The van der Waals surface area contributed by atoms with Crippen molar-refractivity contribution >= 4 is 17.4 Å². The van der Waals surface area contributed by atoms with E-state index in [0.717, 1.165) is 22.8 Å². The molecule has 0 saturated heterocycles. The molecule has 6 heteroatoms. The Morgan fingerprint density at radius 3 is 2.74 bits per heavy atom. The molecule has 1 aromatic heterocycles. The van der Waals surface area contributed by atoms with Crippen molar-refractivity contribution in [3.05, 3.63) is 30.0 Å². The van der Waals surface area contributed by atoms with Gasteiger partial charge in [0.05, 0.1) is 19.3 Å². The molecule has 1 heterocycles. The van der Waals surface area contributed by atoms with Crippen LogP contribution in [0.25, 0.3) is 0 Å². The highest BCUT2D eigenvalue weighted by Crippen LogP contribution is 2.29. The maximum Gasteiger partial charge on any atom is 0.235 e. The number of nitrogens with one attached hydrogen (secondary N) is 1. The van der Waals surface area contributed by atoms with Crippen molar-refractivity contribution < 1.29 is 9.15 Å². The number of nitrogens with zero attached hydrogens (tertiary/aromatic N) is 2. The van der Waals surface area contributed by atoms with E-state index < -0.39 is 0 Å². The molecule has 5 nitrogen and oxygen atoms in total. The average molecular weight is 279 g/mol. The van der Waals surface area contributed by atoms with Gasteiger partial charge in [-0.05, 0) is 24.5 Å². The number of benzene rings is 1. The summed E-state index contributed by atoms with van der Waals surface area (Å²) in [6, 6.07) is 6.03. The summed E-state index contributed by atoms with van der Waals surface area (Å²) in [5.41, 5.74) is 0.913. The van der Waals surface area contributed by atoms with Gasteiger partial charge in [-0.3, -0.25) is 0 Å². The van der Waals surface area contributed by atoms with E-state index in [1.807, 2.05) is 31.4 Å². The van der Waals surface area contributed by atoms with Crippen LogP contribution in [-0.4, -0.2) is 23.6 Å². The molecular formula is C13H17N3O2S. The maximum absolute atomic E-state index is 5.44. The van der Waals surface area contributed by atoms with E-state index in [2.05, 4.69) is 15.5 Å². The van der Waals surface area contributed by atoms with Crippen molar-refractivity contribution in [3.8, 4) is 5.75 Å². The van der Waals surface area contributed by atoms with Gasteiger partial charge >= 0.3 is 0 Å². The van der Waals surface area contributed by atoms with Crippen LogP contribution < -0.4 is 10.1 Å². The molecule has 0 spiro atoms. The molecule has 19 heavy (non-hydrogen) atoms. The van der Waals surface area contributed by atoms with Crippen LogP contribution in [-0.2, 0) is 13.0 Å². The third-order valence-corrected chi connectivity index (χ3v) is 3.38. The van der Waals surface area contributed by atoms with Crippen molar-refractivity contribution in [1.29, 1.82) is 0 Å². The minimum absolute atomic E-state index is 0.488. The minimum atomic E-state index is 0.488. The van der Waals surface area contributed by atoms with Crippen molar-refractivity contribution in [2.24, 2.45) is 0 Å². The Morgan fingerprint density at radius 1 is 1.32 bits per heavy atom. The largest absolute Gasteiger partial charge is 0.495 e. The molecule has 0 aliphatic rings. The zero-order valence-electron chi connectivity index (χ0n) is 11.3. The van der Waals surface area contributed by atoms with Gasteiger partial charge in [-0.25, -0.2) is 0 Å². The van der Waals surface area contributed by atoms with Crippen molar-refractivity contribution in [1.82, 2.24) is 10.2 Å². The molecule has 1 aromatic carbocycles. The van der Waals surface area contributed by atoms with Gasteiger partial charge in [-0.2, -0.15) is 0 Å². The molecule has 102 valence electrons. The number of thioether (sulfide) groups is 1. The topological polar surface area (TPSA) is 60.2 Å². The summed E-state index contributed by atoms with van der Waals surface area (Å²) in [6.45, 7) is 2.47. The van der Waals surface area contributed by atoms with Gasteiger partial charge in [0.15, 0.2) is 0 Å². The van der Waals surface area contributed by atoms with Crippen molar-refractivity contribution in [2.45, 2.75) is 24.8 Å². The van der Waals surface area contributed by atoms with Crippen LogP contribution in [0.4, 0.5) is 5.69 Å². The highest BCUT2D eigenvalue weighted by molar-refractivity contribution is 7.98. The highest BCUT2D eigenvalue weighted by atomic mass is 32.2. The van der Waals surface area contributed by atoms with Crippen LogP contribution in [0.5, 0.6) is 5.75 Å². The smallest absolute Gasteiger partial charge is 0.235 e. The fourth-order valence-electron chi connectivity index (χ4n) is 1.62. The van der Waals surface area contributed by atoms with Gasteiger partial charge in [0.2, 0.25) is 11.8 Å². The predicted molar refractivity (Wildman–Crippen MR) is 75.8 cm³/mol. The van der Waals surface area contributed by atoms with Crippen LogP contribution in [0.3, 0.4) is 0 Å². The van der Waals surface area contributed by atoms with Crippen LogP contribution in [0.2, 0.25) is 0 Å². The first-order valence-corrected chi connectivity index (χ1v) is 7.26. The Kier molecular flexibility index (Phi) is 4.68. The molecule has 0 atom stereocenters. The second-order valence-corrected chi connectivity index (χ2v) is 4.74. The standard InChI is InChI=1S/C13H17N3O2S/c1-4-12-15-16-13(18-12)8-14-10-6-5-9(19-3)7-11(10)17-2/h5-7,14H,4,8H2,1-3H3. The van der Waals surface area contributed by atoms with E-state index in [4.69, 9.17) is 9.15 Å². The maximum atomic E-state index is 5.44. The van der Waals surface area contributed by atoms with Gasteiger partial charge in [0, 0.05) is 11.3 Å². The van der Waals surface area contributed by atoms with Crippen molar-refractivity contribution in [2.75, 3.05) is 18.7 Å². The summed E-state index contributed by atoms with van der Waals surface area (Å²) >= 11 is 1.68. The Bertz CT molecular complexity index is 542. The molecule has 0 bridgehead atoms. The third-order valence-electron chi connectivity index (χ3n) is 2.65. The summed E-state index contributed by atoms with van der Waals surface area (Å²) in [5, 5.41) is 11.1. The van der Waals surface area contributed by atoms with Crippen LogP contribution in [0.15, 0.2) is 27.5 Å². The number of anilines is 1. The minimum Gasteiger partial charge on any atom is -0.495 e. The average Bonchev–Trinajstić information content (AvgIpc) is 2.92. The molecule has 2 aromatic rings. The normalized spacial score (nSPS) is 10.5. The fourth-order valence-corrected chi connectivity index (χ4v) is 2.05. The van der Waals surface area contributed by atoms with E-state index in [-0.39, 0.29) is 0 Å². The lowest BCUT2D eigenvalue weighted by atomic mass is 10.3. The third kappa shape index (κ3) is 3.41. The predicted octanol–water partition coefficient (Wildman–Crippen LogP) is 2.97. The van der Waals surface area contributed by atoms with Gasteiger partial charge in [0.25, 0.3) is 0 Å². The molecule has 0 aliphatic carbocycles. The monoisotopic (exact) mass is 279 g/mol. The Hall–Kier alpha value is -1.69. The van der Waals surface area contributed by atoms with E-state index in [1.54, 1.807) is 18.9 Å². The molecule has 0 unspecified atom stereocenters. The molecule has 0 aliphatic heterocycles. The van der Waals surface area contributed by atoms with Gasteiger partial charge in [0.1, 0.15) is 5.75 Å². The zero-order chi connectivity index (χ0) is 13.7.